The van der Waals surface area contributed by atoms with Gasteiger partial charge in [0.1, 0.15) is 0 Å². The third kappa shape index (κ3) is 3.47. The number of hydrogen-bond donors (Lipinski definition) is 2. The van der Waals surface area contributed by atoms with Crippen molar-refractivity contribution < 1.29 is 5.11 Å². The zero-order valence-electron chi connectivity index (χ0n) is 10.1. The summed E-state index contributed by atoms with van der Waals surface area (Å²) in [5, 5.41) is 13.9. The molecule has 0 aliphatic carbocycles. The highest BCUT2D eigenvalue weighted by atomic mass is 35.5. The third-order valence-electron chi connectivity index (χ3n) is 2.75. The number of nitrogens with one attached hydrogen (secondary N) is 1. The summed E-state index contributed by atoms with van der Waals surface area (Å²) in [5.41, 5.74) is 1.79. The molecule has 0 aliphatic rings. The molecule has 100 valence electrons. The fourth-order valence-corrected chi connectivity index (χ4v) is 2.44. The number of rotatable bonds is 3. The van der Waals surface area contributed by atoms with Gasteiger partial charge in [0.2, 0.25) is 0 Å². The molecule has 1 unspecified atom stereocenters. The van der Waals surface area contributed by atoms with Gasteiger partial charge in [0.15, 0.2) is 5.75 Å². The van der Waals surface area contributed by atoms with Gasteiger partial charge >= 0.3 is 0 Å². The van der Waals surface area contributed by atoms with Crippen molar-refractivity contribution in [2.75, 3.05) is 5.32 Å². The smallest absolute Gasteiger partial charge is 0.152 e. The fourth-order valence-electron chi connectivity index (χ4n) is 1.76. The van der Waals surface area contributed by atoms with Crippen molar-refractivity contribution in [2.45, 2.75) is 13.0 Å². The number of aromatic hydroxyl groups is 1. The number of benzene rings is 2. The largest absolute Gasteiger partial charge is 0.505 e. The molecule has 0 saturated heterocycles. The van der Waals surface area contributed by atoms with Crippen molar-refractivity contribution in [2.24, 2.45) is 0 Å². The molecule has 0 aromatic heterocycles. The van der Waals surface area contributed by atoms with E-state index in [2.05, 4.69) is 5.32 Å². The van der Waals surface area contributed by atoms with E-state index in [-0.39, 0.29) is 21.8 Å². The van der Waals surface area contributed by atoms with Crippen molar-refractivity contribution in [3.8, 4) is 5.75 Å². The predicted molar refractivity (Wildman–Crippen MR) is 81.6 cm³/mol. The third-order valence-corrected chi connectivity index (χ3v) is 3.56. The Morgan fingerprint density at radius 1 is 1.05 bits per heavy atom. The van der Waals surface area contributed by atoms with Gasteiger partial charge < -0.3 is 10.4 Å². The average Bonchev–Trinajstić information content (AvgIpc) is 2.36. The lowest BCUT2D eigenvalue weighted by molar-refractivity contribution is 0.476. The first kappa shape index (κ1) is 14.3. The topological polar surface area (TPSA) is 32.3 Å². The van der Waals surface area contributed by atoms with Crippen LogP contribution in [0.5, 0.6) is 5.75 Å². The van der Waals surface area contributed by atoms with Gasteiger partial charge in [-0.15, -0.1) is 0 Å². The van der Waals surface area contributed by atoms with Crippen LogP contribution < -0.4 is 5.32 Å². The van der Waals surface area contributed by atoms with E-state index >= 15 is 0 Å². The summed E-state index contributed by atoms with van der Waals surface area (Å²) in [7, 11) is 0. The second kappa shape index (κ2) is 5.91. The zero-order chi connectivity index (χ0) is 14.0. The number of phenolic OH excluding ortho intramolecular Hbond substituents is 1. The molecule has 0 amide bonds. The predicted octanol–water partition coefficient (Wildman–Crippen LogP) is 5.53. The number of anilines is 1. The standard InChI is InChI=1S/C14H12Cl3NO/c1-8(9-3-2-4-10(15)5-9)18-11-6-12(16)14(19)13(17)7-11/h2-8,18-19H,1H3. The normalized spacial score (nSPS) is 12.2. The minimum atomic E-state index is -0.107. The molecule has 5 heteroatoms. The van der Waals surface area contributed by atoms with Crippen molar-refractivity contribution in [3.63, 3.8) is 0 Å². The molecule has 19 heavy (non-hydrogen) atoms. The maximum atomic E-state index is 9.51. The van der Waals surface area contributed by atoms with E-state index in [1.54, 1.807) is 12.1 Å². The summed E-state index contributed by atoms with van der Waals surface area (Å²) in [6, 6.07) is 10.9. The summed E-state index contributed by atoms with van der Waals surface area (Å²) in [6.07, 6.45) is 0. The minimum absolute atomic E-state index is 0.0374. The van der Waals surface area contributed by atoms with E-state index in [0.717, 1.165) is 11.3 Å². The molecule has 0 bridgehead atoms. The molecule has 2 rings (SSSR count). The summed E-state index contributed by atoms with van der Waals surface area (Å²) in [5.74, 6) is -0.107. The van der Waals surface area contributed by atoms with E-state index in [9.17, 15) is 5.11 Å². The SMILES string of the molecule is CC(Nc1cc(Cl)c(O)c(Cl)c1)c1cccc(Cl)c1. The Morgan fingerprint density at radius 2 is 1.68 bits per heavy atom. The Morgan fingerprint density at radius 3 is 2.26 bits per heavy atom. The zero-order valence-corrected chi connectivity index (χ0v) is 12.4. The van der Waals surface area contributed by atoms with Crippen molar-refractivity contribution in [1.29, 1.82) is 0 Å². The first-order valence-corrected chi connectivity index (χ1v) is 6.81. The van der Waals surface area contributed by atoms with Crippen LogP contribution in [-0.2, 0) is 0 Å². The molecule has 0 aliphatic heterocycles. The van der Waals surface area contributed by atoms with E-state index < -0.39 is 0 Å². The Kier molecular flexibility index (Phi) is 4.46. The van der Waals surface area contributed by atoms with E-state index in [4.69, 9.17) is 34.8 Å². The fraction of sp³-hybridized carbons (Fsp3) is 0.143. The molecule has 0 saturated carbocycles. The van der Waals surface area contributed by atoms with Crippen LogP contribution in [0.4, 0.5) is 5.69 Å². The van der Waals surface area contributed by atoms with Crippen molar-refractivity contribution >= 4 is 40.5 Å². The van der Waals surface area contributed by atoms with Gasteiger partial charge in [-0.3, -0.25) is 0 Å². The van der Waals surface area contributed by atoms with Gasteiger partial charge in [-0.1, -0.05) is 46.9 Å². The van der Waals surface area contributed by atoms with Crippen LogP contribution in [0.1, 0.15) is 18.5 Å². The maximum absolute atomic E-state index is 9.51. The van der Waals surface area contributed by atoms with Crippen LogP contribution in [-0.4, -0.2) is 5.11 Å². The first-order valence-electron chi connectivity index (χ1n) is 5.67. The van der Waals surface area contributed by atoms with Crippen LogP contribution >= 0.6 is 34.8 Å². The second-order valence-corrected chi connectivity index (χ2v) is 5.46. The molecule has 2 nitrogen and oxygen atoms in total. The Balaban J connectivity index is 2.21. The van der Waals surface area contributed by atoms with Gasteiger partial charge in [0.25, 0.3) is 0 Å². The molecule has 2 aromatic rings. The lowest BCUT2D eigenvalue weighted by Crippen LogP contribution is -2.06. The highest BCUT2D eigenvalue weighted by molar-refractivity contribution is 6.37. The molecule has 0 fully saturated rings. The van der Waals surface area contributed by atoms with E-state index in [1.165, 1.54) is 0 Å². The summed E-state index contributed by atoms with van der Waals surface area (Å²) < 4.78 is 0. The lowest BCUT2D eigenvalue weighted by Gasteiger charge is -2.17. The van der Waals surface area contributed by atoms with Gasteiger partial charge in [-0.05, 0) is 36.8 Å². The van der Waals surface area contributed by atoms with Crippen LogP contribution in [0.25, 0.3) is 0 Å². The van der Waals surface area contributed by atoms with Crippen LogP contribution in [0.15, 0.2) is 36.4 Å². The molecule has 2 aromatic carbocycles. The molecule has 0 heterocycles. The molecule has 1 atom stereocenters. The van der Waals surface area contributed by atoms with Gasteiger partial charge in [0.05, 0.1) is 10.0 Å². The molecular weight excluding hydrogens is 305 g/mol. The Bertz CT molecular complexity index is 578. The lowest BCUT2D eigenvalue weighted by atomic mass is 10.1. The molecular formula is C14H12Cl3NO. The number of hydrogen-bond acceptors (Lipinski definition) is 2. The highest BCUT2D eigenvalue weighted by Crippen LogP contribution is 2.35. The molecule has 0 radical (unpaired) electrons. The minimum Gasteiger partial charge on any atom is -0.505 e. The quantitative estimate of drug-likeness (QED) is 0.730. The maximum Gasteiger partial charge on any atom is 0.152 e. The van der Waals surface area contributed by atoms with Crippen LogP contribution in [0.3, 0.4) is 0 Å². The van der Waals surface area contributed by atoms with Gasteiger partial charge in [0, 0.05) is 16.8 Å². The monoisotopic (exact) mass is 315 g/mol. The van der Waals surface area contributed by atoms with Gasteiger partial charge in [-0.25, -0.2) is 0 Å². The van der Waals surface area contributed by atoms with Crippen molar-refractivity contribution in [3.05, 3.63) is 57.0 Å². The average molecular weight is 317 g/mol. The Hall–Kier alpha value is -1.09. The summed E-state index contributed by atoms with van der Waals surface area (Å²) in [6.45, 7) is 2.00. The van der Waals surface area contributed by atoms with Gasteiger partial charge in [-0.2, -0.15) is 0 Å². The summed E-state index contributed by atoms with van der Waals surface area (Å²) >= 11 is 17.7. The van der Waals surface area contributed by atoms with E-state index in [0.29, 0.717) is 5.02 Å². The number of halogens is 3. The highest BCUT2D eigenvalue weighted by Gasteiger charge is 2.10. The first-order chi connectivity index (χ1) is 8.97. The Labute approximate surface area is 126 Å². The molecule has 2 N–H and O–H groups in total. The number of phenols is 1. The van der Waals surface area contributed by atoms with Crippen molar-refractivity contribution in [1.82, 2.24) is 0 Å². The summed E-state index contributed by atoms with van der Waals surface area (Å²) in [4.78, 5) is 0. The van der Waals surface area contributed by atoms with Crippen LogP contribution in [0, 0.1) is 0 Å². The molecule has 0 spiro atoms. The van der Waals surface area contributed by atoms with E-state index in [1.807, 2.05) is 31.2 Å². The second-order valence-electron chi connectivity index (χ2n) is 4.21. The van der Waals surface area contributed by atoms with Crippen LogP contribution in [0.2, 0.25) is 15.1 Å².